The van der Waals surface area contributed by atoms with Gasteiger partial charge in [0.2, 0.25) is 0 Å². The van der Waals surface area contributed by atoms with Gasteiger partial charge < -0.3 is 4.90 Å². The van der Waals surface area contributed by atoms with Crippen molar-refractivity contribution in [1.82, 2.24) is 0 Å². The predicted octanol–water partition coefficient (Wildman–Crippen LogP) is 4.30. The summed E-state index contributed by atoms with van der Waals surface area (Å²) >= 11 is 0. The van der Waals surface area contributed by atoms with Crippen LogP contribution < -0.4 is 4.90 Å². The Kier molecular flexibility index (Phi) is 3.43. The highest BCUT2D eigenvalue weighted by Gasteiger charge is 2.33. The Morgan fingerprint density at radius 1 is 1.09 bits per heavy atom. The third-order valence-corrected chi connectivity index (χ3v) is 3.89. The van der Waals surface area contributed by atoms with E-state index < -0.39 is 11.7 Å². The zero-order valence-corrected chi connectivity index (χ0v) is 11.9. The lowest BCUT2D eigenvalue weighted by atomic mass is 10.1. The molecule has 0 saturated carbocycles. The molecule has 5 heteroatoms. The molecular weight excluding hydrogens is 291 g/mol. The Hall–Kier alpha value is -2.30. The van der Waals surface area contributed by atoms with E-state index in [1.807, 2.05) is 31.2 Å². The normalized spacial score (nSPS) is 17.5. The SMILES string of the molecule is CC1Cc2ccccc2N1C(=O)c1ccc(C(F)(F)F)cc1. The van der Waals surface area contributed by atoms with E-state index in [0.717, 1.165) is 29.8 Å². The number of anilines is 1. The van der Waals surface area contributed by atoms with Gasteiger partial charge in [-0.1, -0.05) is 18.2 Å². The number of fused-ring (bicyclic) bond motifs is 1. The van der Waals surface area contributed by atoms with Crippen LogP contribution in [0.15, 0.2) is 48.5 Å². The van der Waals surface area contributed by atoms with E-state index in [1.54, 1.807) is 4.90 Å². The number of rotatable bonds is 1. The number of carbonyl (C=O) groups is 1. The lowest BCUT2D eigenvalue weighted by molar-refractivity contribution is -0.137. The Labute approximate surface area is 126 Å². The van der Waals surface area contributed by atoms with E-state index in [-0.39, 0.29) is 17.5 Å². The average molecular weight is 305 g/mol. The van der Waals surface area contributed by atoms with Crippen LogP contribution in [-0.4, -0.2) is 11.9 Å². The van der Waals surface area contributed by atoms with Gasteiger partial charge in [0.1, 0.15) is 0 Å². The first kappa shape index (κ1) is 14.6. The summed E-state index contributed by atoms with van der Waals surface area (Å²) < 4.78 is 37.8. The second-order valence-corrected chi connectivity index (χ2v) is 5.43. The molecule has 0 bridgehead atoms. The zero-order chi connectivity index (χ0) is 15.9. The van der Waals surface area contributed by atoms with Gasteiger partial charge in [-0.3, -0.25) is 4.79 Å². The second kappa shape index (κ2) is 5.16. The van der Waals surface area contributed by atoms with Crippen LogP contribution in [-0.2, 0) is 12.6 Å². The monoisotopic (exact) mass is 305 g/mol. The van der Waals surface area contributed by atoms with Gasteiger partial charge in [-0.25, -0.2) is 0 Å². The van der Waals surface area contributed by atoms with Gasteiger partial charge in [0.05, 0.1) is 5.56 Å². The van der Waals surface area contributed by atoms with Crippen LogP contribution in [0.25, 0.3) is 0 Å². The van der Waals surface area contributed by atoms with Gasteiger partial charge in [-0.05, 0) is 49.2 Å². The van der Waals surface area contributed by atoms with Crippen molar-refractivity contribution < 1.29 is 18.0 Å². The standard InChI is InChI=1S/C17H14F3NO/c1-11-10-13-4-2-3-5-15(13)21(11)16(22)12-6-8-14(9-7-12)17(18,19)20/h2-9,11H,10H2,1H3. The fourth-order valence-electron chi connectivity index (χ4n) is 2.82. The number of halogens is 3. The summed E-state index contributed by atoms with van der Waals surface area (Å²) in [5.74, 6) is -0.272. The Morgan fingerprint density at radius 3 is 2.36 bits per heavy atom. The zero-order valence-electron chi connectivity index (χ0n) is 11.9. The maximum Gasteiger partial charge on any atom is 0.416 e. The summed E-state index contributed by atoms with van der Waals surface area (Å²) in [6.45, 7) is 1.93. The highest BCUT2D eigenvalue weighted by molar-refractivity contribution is 6.07. The van der Waals surface area contributed by atoms with E-state index in [0.29, 0.717) is 0 Å². The first-order valence-corrected chi connectivity index (χ1v) is 6.96. The third kappa shape index (κ3) is 2.47. The van der Waals surface area contributed by atoms with Crippen LogP contribution >= 0.6 is 0 Å². The number of benzene rings is 2. The highest BCUT2D eigenvalue weighted by atomic mass is 19.4. The van der Waals surface area contributed by atoms with E-state index in [2.05, 4.69) is 0 Å². The Balaban J connectivity index is 1.91. The minimum Gasteiger partial charge on any atom is -0.305 e. The van der Waals surface area contributed by atoms with E-state index >= 15 is 0 Å². The molecule has 1 aliphatic rings. The number of para-hydroxylation sites is 1. The molecule has 2 nitrogen and oxygen atoms in total. The van der Waals surface area contributed by atoms with Gasteiger partial charge in [0.15, 0.2) is 0 Å². The highest BCUT2D eigenvalue weighted by Crippen LogP contribution is 2.34. The van der Waals surface area contributed by atoms with E-state index in [1.165, 1.54) is 12.1 Å². The van der Waals surface area contributed by atoms with Gasteiger partial charge in [0, 0.05) is 17.3 Å². The number of alkyl halides is 3. The molecule has 1 aliphatic heterocycles. The van der Waals surface area contributed by atoms with Gasteiger partial charge in [0.25, 0.3) is 5.91 Å². The van der Waals surface area contributed by atoms with Crippen molar-refractivity contribution in [3.63, 3.8) is 0 Å². The Morgan fingerprint density at radius 2 is 1.73 bits per heavy atom. The molecular formula is C17H14F3NO. The summed E-state index contributed by atoms with van der Waals surface area (Å²) in [5.41, 5.74) is 1.42. The smallest absolute Gasteiger partial charge is 0.305 e. The minimum absolute atomic E-state index is 0.00723. The third-order valence-electron chi connectivity index (χ3n) is 3.89. The van der Waals surface area contributed by atoms with Crippen LogP contribution in [0.5, 0.6) is 0 Å². The molecule has 0 aliphatic carbocycles. The predicted molar refractivity (Wildman–Crippen MR) is 77.9 cm³/mol. The fraction of sp³-hybridized carbons (Fsp3) is 0.235. The van der Waals surface area contributed by atoms with Crippen molar-refractivity contribution in [2.24, 2.45) is 0 Å². The number of carbonyl (C=O) groups excluding carboxylic acids is 1. The lowest BCUT2D eigenvalue weighted by Gasteiger charge is -2.23. The molecule has 0 N–H and O–H groups in total. The summed E-state index contributed by atoms with van der Waals surface area (Å²) in [7, 11) is 0. The molecule has 0 spiro atoms. The quantitative estimate of drug-likeness (QED) is 0.769. The molecule has 3 rings (SSSR count). The second-order valence-electron chi connectivity index (χ2n) is 5.43. The number of amides is 1. The molecule has 22 heavy (non-hydrogen) atoms. The molecule has 1 amide bonds. The van der Waals surface area contributed by atoms with Crippen LogP contribution in [0.1, 0.15) is 28.4 Å². The van der Waals surface area contributed by atoms with Gasteiger partial charge in [-0.2, -0.15) is 13.2 Å². The summed E-state index contributed by atoms with van der Waals surface area (Å²) in [6.07, 6.45) is -3.64. The minimum atomic E-state index is -4.39. The van der Waals surface area contributed by atoms with E-state index in [4.69, 9.17) is 0 Å². The largest absolute Gasteiger partial charge is 0.416 e. The molecule has 0 fully saturated rings. The van der Waals surface area contributed by atoms with Crippen LogP contribution in [0.2, 0.25) is 0 Å². The van der Waals surface area contributed by atoms with Crippen molar-refractivity contribution in [3.8, 4) is 0 Å². The molecule has 0 saturated heterocycles. The molecule has 2 aromatic carbocycles. The molecule has 114 valence electrons. The molecule has 1 heterocycles. The van der Waals surface area contributed by atoms with Crippen molar-refractivity contribution in [3.05, 3.63) is 65.2 Å². The number of nitrogens with zero attached hydrogens (tertiary/aromatic N) is 1. The first-order chi connectivity index (χ1) is 10.4. The van der Waals surface area contributed by atoms with Crippen molar-refractivity contribution in [2.75, 3.05) is 4.90 Å². The maximum atomic E-state index is 12.6. The molecule has 1 atom stereocenters. The van der Waals surface area contributed by atoms with Crippen LogP contribution in [0.4, 0.5) is 18.9 Å². The molecule has 0 radical (unpaired) electrons. The maximum absolute atomic E-state index is 12.6. The van der Waals surface area contributed by atoms with Crippen molar-refractivity contribution >= 4 is 11.6 Å². The number of hydrogen-bond donors (Lipinski definition) is 0. The van der Waals surface area contributed by atoms with Gasteiger partial charge in [-0.15, -0.1) is 0 Å². The van der Waals surface area contributed by atoms with Crippen LogP contribution in [0.3, 0.4) is 0 Å². The lowest BCUT2D eigenvalue weighted by Crippen LogP contribution is -2.35. The number of hydrogen-bond acceptors (Lipinski definition) is 1. The molecule has 0 aromatic heterocycles. The van der Waals surface area contributed by atoms with Crippen molar-refractivity contribution in [2.45, 2.75) is 25.6 Å². The van der Waals surface area contributed by atoms with Gasteiger partial charge >= 0.3 is 6.18 Å². The topological polar surface area (TPSA) is 20.3 Å². The average Bonchev–Trinajstić information content (AvgIpc) is 2.81. The fourth-order valence-corrected chi connectivity index (χ4v) is 2.82. The molecule has 1 unspecified atom stereocenters. The van der Waals surface area contributed by atoms with Crippen LogP contribution in [0, 0.1) is 0 Å². The van der Waals surface area contributed by atoms with Crippen molar-refractivity contribution in [1.29, 1.82) is 0 Å². The Bertz CT molecular complexity index is 707. The summed E-state index contributed by atoms with van der Waals surface area (Å²) in [6, 6.07) is 11.9. The first-order valence-electron chi connectivity index (χ1n) is 6.96. The summed E-state index contributed by atoms with van der Waals surface area (Å²) in [4.78, 5) is 14.3. The summed E-state index contributed by atoms with van der Waals surface area (Å²) in [5, 5.41) is 0. The van der Waals surface area contributed by atoms with E-state index in [9.17, 15) is 18.0 Å². The molecule has 2 aromatic rings.